The lowest BCUT2D eigenvalue weighted by Crippen LogP contribution is -2.49. The predicted octanol–water partition coefficient (Wildman–Crippen LogP) is 2.16. The van der Waals surface area contributed by atoms with Gasteiger partial charge in [-0.2, -0.15) is 13.2 Å². The zero-order chi connectivity index (χ0) is 13.9. The summed E-state index contributed by atoms with van der Waals surface area (Å²) in [7, 11) is 0. The van der Waals surface area contributed by atoms with Crippen LogP contribution >= 0.6 is 0 Å². The van der Waals surface area contributed by atoms with Crippen molar-refractivity contribution in [1.82, 2.24) is 4.98 Å². The maximum Gasteiger partial charge on any atom is 0.471 e. The second-order valence-electron chi connectivity index (χ2n) is 4.23. The summed E-state index contributed by atoms with van der Waals surface area (Å²) in [6, 6.07) is 2.45. The van der Waals surface area contributed by atoms with E-state index in [4.69, 9.17) is 4.74 Å². The van der Waals surface area contributed by atoms with E-state index in [9.17, 15) is 18.0 Å². The summed E-state index contributed by atoms with van der Waals surface area (Å²) in [5.74, 6) is -1.85. The number of ether oxygens (including phenoxy) is 1. The zero-order valence-corrected chi connectivity index (χ0v) is 10.1. The van der Waals surface area contributed by atoms with Crippen LogP contribution in [0, 0.1) is 0 Å². The van der Waals surface area contributed by atoms with Crippen molar-refractivity contribution in [3.63, 3.8) is 0 Å². The number of nitrogens with zero attached hydrogens (tertiary/aromatic N) is 2. The molecule has 2 rings (SSSR count). The summed E-state index contributed by atoms with van der Waals surface area (Å²) in [6.07, 6.45) is -1.41. The summed E-state index contributed by atoms with van der Waals surface area (Å²) in [5.41, 5.74) is 0.164. The standard InChI is InChI=1S/C12H13F3N2O2/c13-12(14,15)11(18)17(9-3-6-19-7-4-9)10-2-1-5-16-8-10/h1-2,5,8-9H,3-4,6-7H2. The van der Waals surface area contributed by atoms with Crippen LogP contribution in [0.4, 0.5) is 18.9 Å². The monoisotopic (exact) mass is 274 g/mol. The number of carbonyl (C=O) groups excluding carboxylic acids is 1. The van der Waals surface area contributed by atoms with Gasteiger partial charge in [0.1, 0.15) is 0 Å². The lowest BCUT2D eigenvalue weighted by Gasteiger charge is -2.34. The van der Waals surface area contributed by atoms with Crippen molar-refractivity contribution in [2.45, 2.75) is 25.1 Å². The highest BCUT2D eigenvalue weighted by Crippen LogP contribution is 2.28. The third kappa shape index (κ3) is 3.23. The van der Waals surface area contributed by atoms with E-state index in [1.165, 1.54) is 24.5 Å². The third-order valence-corrected chi connectivity index (χ3v) is 2.94. The molecule has 0 unspecified atom stereocenters. The van der Waals surface area contributed by atoms with Crippen molar-refractivity contribution in [3.8, 4) is 0 Å². The highest BCUT2D eigenvalue weighted by Gasteiger charge is 2.45. The first-order valence-electron chi connectivity index (χ1n) is 5.88. The summed E-state index contributed by atoms with van der Waals surface area (Å²) < 4.78 is 43.2. The molecule has 1 aliphatic rings. The van der Waals surface area contributed by atoms with Crippen molar-refractivity contribution in [3.05, 3.63) is 24.5 Å². The molecule has 4 nitrogen and oxygen atoms in total. The Bertz CT molecular complexity index is 430. The SMILES string of the molecule is O=C(N(c1cccnc1)C1CCOCC1)C(F)(F)F. The third-order valence-electron chi connectivity index (χ3n) is 2.94. The Morgan fingerprint density at radius 3 is 2.58 bits per heavy atom. The first-order valence-corrected chi connectivity index (χ1v) is 5.88. The number of hydrogen-bond acceptors (Lipinski definition) is 3. The van der Waals surface area contributed by atoms with Gasteiger partial charge in [-0.15, -0.1) is 0 Å². The Kier molecular flexibility index (Phi) is 4.04. The van der Waals surface area contributed by atoms with Gasteiger partial charge in [-0.3, -0.25) is 14.7 Å². The number of anilines is 1. The smallest absolute Gasteiger partial charge is 0.381 e. The number of aromatic nitrogens is 1. The number of pyridine rings is 1. The Morgan fingerprint density at radius 2 is 2.05 bits per heavy atom. The molecule has 0 radical (unpaired) electrons. The van der Waals surface area contributed by atoms with Crippen LogP contribution in [0.3, 0.4) is 0 Å². The van der Waals surface area contributed by atoms with Crippen LogP contribution in [0.25, 0.3) is 0 Å². The second kappa shape index (κ2) is 5.56. The van der Waals surface area contributed by atoms with Gasteiger partial charge < -0.3 is 4.74 Å². The fraction of sp³-hybridized carbons (Fsp3) is 0.500. The Labute approximate surface area is 108 Å². The van der Waals surface area contributed by atoms with E-state index in [2.05, 4.69) is 4.98 Å². The maximum atomic E-state index is 12.7. The van der Waals surface area contributed by atoms with Crippen molar-refractivity contribution >= 4 is 11.6 Å². The highest BCUT2D eigenvalue weighted by molar-refractivity contribution is 5.97. The Morgan fingerprint density at radius 1 is 1.37 bits per heavy atom. The van der Waals surface area contributed by atoms with Crippen LogP contribution < -0.4 is 4.90 Å². The molecule has 0 bridgehead atoms. The van der Waals surface area contributed by atoms with Gasteiger partial charge in [-0.1, -0.05) is 0 Å². The van der Waals surface area contributed by atoms with E-state index in [1.807, 2.05) is 0 Å². The van der Waals surface area contributed by atoms with Gasteiger partial charge >= 0.3 is 12.1 Å². The van der Waals surface area contributed by atoms with Crippen LogP contribution in [-0.2, 0) is 9.53 Å². The summed E-state index contributed by atoms with van der Waals surface area (Å²) in [6.45, 7) is 0.707. The van der Waals surface area contributed by atoms with E-state index in [1.54, 1.807) is 0 Å². The lowest BCUT2D eigenvalue weighted by molar-refractivity contribution is -0.171. The van der Waals surface area contributed by atoms with Gasteiger partial charge in [-0.25, -0.2) is 0 Å². The quantitative estimate of drug-likeness (QED) is 0.830. The molecule has 1 saturated heterocycles. The summed E-state index contributed by atoms with van der Waals surface area (Å²) >= 11 is 0. The molecule has 1 amide bonds. The Hall–Kier alpha value is -1.63. The van der Waals surface area contributed by atoms with Crippen LogP contribution in [0.5, 0.6) is 0 Å². The number of carbonyl (C=O) groups is 1. The fourth-order valence-corrected chi connectivity index (χ4v) is 2.07. The predicted molar refractivity (Wildman–Crippen MR) is 61.6 cm³/mol. The highest BCUT2D eigenvalue weighted by atomic mass is 19.4. The van der Waals surface area contributed by atoms with Crippen LogP contribution in [0.1, 0.15) is 12.8 Å². The first-order chi connectivity index (χ1) is 9.00. The summed E-state index contributed by atoms with van der Waals surface area (Å²) in [5, 5.41) is 0. The molecule has 1 aliphatic heterocycles. The minimum atomic E-state index is -4.89. The fourth-order valence-electron chi connectivity index (χ4n) is 2.07. The average molecular weight is 274 g/mol. The molecule has 1 fully saturated rings. The number of hydrogen-bond donors (Lipinski definition) is 0. The number of rotatable bonds is 2. The van der Waals surface area contributed by atoms with Gasteiger partial charge in [0.25, 0.3) is 0 Å². The van der Waals surface area contributed by atoms with Crippen LogP contribution in [-0.4, -0.2) is 36.3 Å². The lowest BCUT2D eigenvalue weighted by atomic mass is 10.1. The molecule has 0 aliphatic carbocycles. The normalized spacial score (nSPS) is 17.2. The molecular weight excluding hydrogens is 261 g/mol. The molecular formula is C12H13F3N2O2. The molecule has 104 valence electrons. The molecule has 2 heterocycles. The van der Waals surface area contributed by atoms with Crippen molar-refractivity contribution in [1.29, 1.82) is 0 Å². The van der Waals surface area contributed by atoms with Crippen molar-refractivity contribution in [2.24, 2.45) is 0 Å². The second-order valence-corrected chi connectivity index (χ2v) is 4.23. The van der Waals surface area contributed by atoms with E-state index in [0.717, 1.165) is 4.90 Å². The van der Waals surface area contributed by atoms with E-state index in [0.29, 0.717) is 26.1 Å². The maximum absolute atomic E-state index is 12.7. The minimum absolute atomic E-state index is 0.164. The molecule has 7 heteroatoms. The number of amides is 1. The van der Waals surface area contributed by atoms with E-state index < -0.39 is 18.1 Å². The molecule has 0 saturated carbocycles. The molecule has 0 aromatic carbocycles. The largest absolute Gasteiger partial charge is 0.471 e. The number of halogens is 3. The number of alkyl halides is 3. The van der Waals surface area contributed by atoms with Gasteiger partial charge in [-0.05, 0) is 25.0 Å². The Balaban J connectivity index is 2.30. The zero-order valence-electron chi connectivity index (χ0n) is 10.1. The van der Waals surface area contributed by atoms with Gasteiger partial charge in [0.05, 0.1) is 11.9 Å². The molecule has 0 atom stereocenters. The van der Waals surface area contributed by atoms with Crippen LogP contribution in [0.2, 0.25) is 0 Å². The average Bonchev–Trinajstić information content (AvgIpc) is 2.40. The molecule has 0 N–H and O–H groups in total. The minimum Gasteiger partial charge on any atom is -0.381 e. The topological polar surface area (TPSA) is 42.4 Å². The molecule has 0 spiro atoms. The molecule has 19 heavy (non-hydrogen) atoms. The first kappa shape index (κ1) is 13.8. The van der Waals surface area contributed by atoms with Crippen molar-refractivity contribution < 1.29 is 22.7 Å². The molecule has 1 aromatic heterocycles. The van der Waals surface area contributed by atoms with Gasteiger partial charge in [0.2, 0.25) is 0 Å². The van der Waals surface area contributed by atoms with Gasteiger partial charge in [0.15, 0.2) is 0 Å². The van der Waals surface area contributed by atoms with Gasteiger partial charge in [0, 0.05) is 25.5 Å². The van der Waals surface area contributed by atoms with Crippen molar-refractivity contribution in [2.75, 3.05) is 18.1 Å². The summed E-state index contributed by atoms with van der Waals surface area (Å²) in [4.78, 5) is 16.2. The molecule has 1 aromatic rings. The van der Waals surface area contributed by atoms with Crippen LogP contribution in [0.15, 0.2) is 24.5 Å². The van der Waals surface area contributed by atoms with E-state index in [-0.39, 0.29) is 5.69 Å². The van der Waals surface area contributed by atoms with E-state index >= 15 is 0 Å².